The van der Waals surface area contributed by atoms with E-state index in [1.807, 2.05) is 0 Å². The van der Waals surface area contributed by atoms with Gasteiger partial charge in [-0.1, -0.05) is 0 Å². The first-order chi connectivity index (χ1) is 22.1. The number of hydrogen-bond donors (Lipinski definition) is 13. The van der Waals surface area contributed by atoms with E-state index >= 15 is 0 Å². The van der Waals surface area contributed by atoms with Crippen LogP contribution in [0.3, 0.4) is 0 Å². The summed E-state index contributed by atoms with van der Waals surface area (Å²) in [5.41, 5.74) is 0. The van der Waals surface area contributed by atoms with Gasteiger partial charge in [-0.2, -0.15) is 0 Å². The molecule has 4 aliphatic rings. The fraction of sp³-hybridized carbons (Fsp3) is 0.920. The van der Waals surface area contributed by atoms with Crippen LogP contribution in [0.25, 0.3) is 0 Å². The average Bonchev–Trinajstić information content (AvgIpc) is 3.32. The molecule has 13 N–H and O–H groups in total. The Morgan fingerprint density at radius 1 is 0.574 bits per heavy atom. The second-order valence-corrected chi connectivity index (χ2v) is 11.4. The first-order valence-corrected chi connectivity index (χ1v) is 14.5. The van der Waals surface area contributed by atoms with Gasteiger partial charge in [0, 0.05) is 6.92 Å². The van der Waals surface area contributed by atoms with E-state index in [1.165, 1.54) is 0 Å². The summed E-state index contributed by atoms with van der Waals surface area (Å²) in [6.45, 7) is -1.45. The number of carbonyl (C=O) groups is 2. The summed E-state index contributed by atoms with van der Waals surface area (Å²) in [6, 6.07) is -1.45. The van der Waals surface area contributed by atoms with Crippen molar-refractivity contribution in [3.8, 4) is 0 Å². The smallest absolute Gasteiger partial charge is 0.335 e. The molecule has 47 heavy (non-hydrogen) atoms. The fourth-order valence-corrected chi connectivity index (χ4v) is 5.73. The second kappa shape index (κ2) is 15.8. The average molecular weight is 692 g/mol. The van der Waals surface area contributed by atoms with Crippen molar-refractivity contribution in [1.29, 1.82) is 0 Å². The zero-order valence-electron chi connectivity index (χ0n) is 24.6. The van der Waals surface area contributed by atoms with E-state index in [0.717, 1.165) is 6.92 Å². The van der Waals surface area contributed by atoms with Crippen molar-refractivity contribution in [2.24, 2.45) is 0 Å². The number of amides is 1. The van der Waals surface area contributed by atoms with Crippen molar-refractivity contribution < 1.29 is 104 Å². The molecule has 0 aromatic heterocycles. The van der Waals surface area contributed by atoms with Gasteiger partial charge in [-0.3, -0.25) is 4.79 Å². The van der Waals surface area contributed by atoms with Crippen molar-refractivity contribution in [2.45, 2.75) is 124 Å². The largest absolute Gasteiger partial charge is 0.479 e. The Labute approximate surface area is 265 Å². The van der Waals surface area contributed by atoms with E-state index in [2.05, 4.69) is 5.32 Å². The van der Waals surface area contributed by atoms with Gasteiger partial charge in [0.25, 0.3) is 0 Å². The lowest BCUT2D eigenvalue weighted by atomic mass is 9.95. The molecular formula is C25H41NO21. The Bertz CT molecular complexity index is 1050. The maximum Gasteiger partial charge on any atom is 0.335 e. The number of aliphatic hydroxyl groups is 11. The zero-order valence-corrected chi connectivity index (χ0v) is 24.6. The van der Waals surface area contributed by atoms with Crippen LogP contribution >= 0.6 is 0 Å². The molecule has 0 aliphatic carbocycles. The van der Waals surface area contributed by atoms with Crippen LogP contribution in [0.4, 0.5) is 0 Å². The quantitative estimate of drug-likeness (QED) is 0.0956. The van der Waals surface area contributed by atoms with Gasteiger partial charge in [-0.05, 0) is 0 Å². The van der Waals surface area contributed by atoms with Crippen LogP contribution in [0.1, 0.15) is 6.92 Å². The number of nitrogens with one attached hydrogen (secondary N) is 1. The number of aliphatic hydroxyl groups excluding tert-OH is 11. The Kier molecular flexibility index (Phi) is 12.8. The normalized spacial score (nSPS) is 49.1. The van der Waals surface area contributed by atoms with Crippen molar-refractivity contribution in [1.82, 2.24) is 5.32 Å². The molecule has 4 fully saturated rings. The maximum absolute atomic E-state index is 11.7. The molecule has 0 bridgehead atoms. The summed E-state index contributed by atoms with van der Waals surface area (Å²) in [4.78, 5) is 23.1. The number of hydrogen-bond acceptors (Lipinski definition) is 20. The van der Waals surface area contributed by atoms with Crippen LogP contribution in [0.5, 0.6) is 0 Å². The van der Waals surface area contributed by atoms with Gasteiger partial charge >= 0.3 is 5.97 Å². The van der Waals surface area contributed by atoms with Gasteiger partial charge in [-0.25, -0.2) is 4.79 Å². The highest BCUT2D eigenvalue weighted by Crippen LogP contribution is 2.34. The highest BCUT2D eigenvalue weighted by atomic mass is 16.8. The summed E-state index contributed by atoms with van der Waals surface area (Å²) in [7, 11) is 0. The van der Waals surface area contributed by atoms with Gasteiger partial charge in [0.15, 0.2) is 31.3 Å². The van der Waals surface area contributed by atoms with Crippen LogP contribution in [0.2, 0.25) is 0 Å². The van der Waals surface area contributed by atoms with Crippen LogP contribution < -0.4 is 5.32 Å². The molecule has 272 valence electrons. The molecule has 22 nitrogen and oxygen atoms in total. The van der Waals surface area contributed by atoms with Crippen LogP contribution in [-0.2, 0) is 42.7 Å². The number of carbonyl (C=O) groups excluding carboxylic acids is 1. The maximum atomic E-state index is 11.7. The lowest BCUT2D eigenvalue weighted by Gasteiger charge is -2.47. The Morgan fingerprint density at radius 3 is 1.55 bits per heavy atom. The van der Waals surface area contributed by atoms with Crippen LogP contribution in [-0.4, -0.2) is 210 Å². The minimum atomic E-state index is -2.04. The van der Waals surface area contributed by atoms with Gasteiger partial charge < -0.3 is 99.8 Å². The van der Waals surface area contributed by atoms with Crippen molar-refractivity contribution in [2.75, 3.05) is 19.8 Å². The van der Waals surface area contributed by atoms with Gasteiger partial charge in [0.1, 0.15) is 85.4 Å². The Hall–Kier alpha value is -1.78. The van der Waals surface area contributed by atoms with E-state index < -0.39 is 148 Å². The monoisotopic (exact) mass is 691 g/mol. The number of ether oxygens (including phenoxy) is 7. The first-order valence-electron chi connectivity index (χ1n) is 14.5. The van der Waals surface area contributed by atoms with E-state index in [0.29, 0.717) is 0 Å². The summed E-state index contributed by atoms with van der Waals surface area (Å²) < 4.78 is 37.8. The minimum Gasteiger partial charge on any atom is -0.479 e. The first kappa shape index (κ1) is 38.0. The Balaban J connectivity index is 1.46. The van der Waals surface area contributed by atoms with Gasteiger partial charge in [0.05, 0.1) is 19.8 Å². The third-order valence-corrected chi connectivity index (χ3v) is 8.22. The van der Waals surface area contributed by atoms with E-state index in [-0.39, 0.29) is 0 Å². The predicted octanol–water partition coefficient (Wildman–Crippen LogP) is -8.87. The van der Waals surface area contributed by atoms with E-state index in [4.69, 9.17) is 33.2 Å². The molecular weight excluding hydrogens is 650 g/mol. The molecule has 4 rings (SSSR count). The van der Waals surface area contributed by atoms with Gasteiger partial charge in [-0.15, -0.1) is 0 Å². The molecule has 0 radical (unpaired) electrons. The third-order valence-electron chi connectivity index (χ3n) is 8.22. The molecule has 0 spiro atoms. The molecule has 0 aromatic carbocycles. The molecule has 1 amide bonds. The van der Waals surface area contributed by atoms with E-state index in [9.17, 15) is 70.9 Å². The van der Waals surface area contributed by atoms with E-state index in [1.54, 1.807) is 0 Å². The molecule has 0 saturated carbocycles. The molecule has 4 saturated heterocycles. The van der Waals surface area contributed by atoms with Crippen molar-refractivity contribution in [3.05, 3.63) is 0 Å². The SMILES string of the molecule is CC(=O)N[C@@H]1[C@@H](O[C@@H]2O[C@H](CO)[C@H](O[C@@H]3O[C@H](CO)[C@@H](O[C@@H]4O[C@H](C(=O)O)[C@@H](O)[C@H](O)[C@H]4O)[C@H]3O)[C@H](O)[C@H]2O)[C@@H](O)[C@@H](CO)O[C@@H]1O. The highest BCUT2D eigenvalue weighted by molar-refractivity contribution is 5.73. The Morgan fingerprint density at radius 2 is 1.04 bits per heavy atom. The highest BCUT2D eigenvalue weighted by Gasteiger charge is 2.56. The van der Waals surface area contributed by atoms with Gasteiger partial charge in [0.2, 0.25) is 5.91 Å². The minimum absolute atomic E-state index is 0.675. The summed E-state index contributed by atoms with van der Waals surface area (Å²) in [5, 5.41) is 125. The molecule has 4 aliphatic heterocycles. The predicted molar refractivity (Wildman–Crippen MR) is 140 cm³/mol. The lowest BCUT2D eigenvalue weighted by Crippen LogP contribution is -2.68. The summed E-state index contributed by atoms with van der Waals surface area (Å²) in [6.07, 6.45) is -32.4. The molecule has 0 aromatic rings. The van der Waals surface area contributed by atoms with Crippen molar-refractivity contribution >= 4 is 11.9 Å². The summed E-state index contributed by atoms with van der Waals surface area (Å²) in [5.74, 6) is -2.38. The number of carboxylic acid groups (broad SMARTS) is 1. The second-order valence-electron chi connectivity index (χ2n) is 11.4. The topological polar surface area (TPSA) is 354 Å². The van der Waals surface area contributed by atoms with Crippen LogP contribution in [0.15, 0.2) is 0 Å². The van der Waals surface area contributed by atoms with Crippen LogP contribution in [0, 0.1) is 0 Å². The number of rotatable bonds is 11. The molecule has 0 unspecified atom stereocenters. The fourth-order valence-electron chi connectivity index (χ4n) is 5.73. The third kappa shape index (κ3) is 7.85. The zero-order chi connectivity index (χ0) is 34.9. The summed E-state index contributed by atoms with van der Waals surface area (Å²) >= 11 is 0. The standard InChI is InChI=1S/C25H41NO21/c1-5(30)26-9-19(10(31)6(2-27)41-22(9)40)46-23-15(36)13(34)17(7(3-28)42-23)44-25-16(37)18(8(4-29)43-25)45-24-14(35)11(32)12(33)20(47-24)21(38)39/h6-20,22-25,27-29,31-37,40H,2-4H2,1H3,(H,26,30)(H,38,39)/t6-,7-,8-,9-,10+,11+,12+,13-,14-,15-,16-,17+,18-,19-,20+,22+,23+,24-,25+/m1/s1. The molecule has 22 heteroatoms. The lowest BCUT2D eigenvalue weighted by molar-refractivity contribution is -0.356. The molecule has 4 heterocycles. The molecule has 19 atom stereocenters. The number of carboxylic acids is 1. The van der Waals surface area contributed by atoms with Crippen molar-refractivity contribution in [3.63, 3.8) is 0 Å². The number of aliphatic carboxylic acids is 1.